The van der Waals surface area contributed by atoms with Gasteiger partial charge in [-0.3, -0.25) is 10.1 Å². The normalized spacial score (nSPS) is 23.1. The highest BCUT2D eigenvalue weighted by atomic mass is 16.6. The molecule has 2 rings (SSSR count). The SMILES string of the molecule is CC1CCCN(c2ccc([N+](=O)[O-])cc2C(N)=NO)C1C. The monoisotopic (exact) mass is 292 g/mol. The number of anilines is 1. The Labute approximate surface area is 123 Å². The Balaban J connectivity index is 2.49. The zero-order chi connectivity index (χ0) is 15.6. The van der Waals surface area contributed by atoms with Crippen molar-refractivity contribution in [3.05, 3.63) is 33.9 Å². The second-order valence-corrected chi connectivity index (χ2v) is 5.50. The topological polar surface area (TPSA) is 105 Å². The van der Waals surface area contributed by atoms with Gasteiger partial charge in [0.05, 0.1) is 10.5 Å². The smallest absolute Gasteiger partial charge is 0.270 e. The molecule has 1 aliphatic rings. The average Bonchev–Trinajstić information content (AvgIpc) is 2.48. The first-order valence-electron chi connectivity index (χ1n) is 6.98. The van der Waals surface area contributed by atoms with Crippen LogP contribution in [0.1, 0.15) is 32.3 Å². The van der Waals surface area contributed by atoms with Gasteiger partial charge in [0, 0.05) is 30.4 Å². The van der Waals surface area contributed by atoms with Crippen LogP contribution in [0.25, 0.3) is 0 Å². The van der Waals surface area contributed by atoms with E-state index < -0.39 is 4.92 Å². The summed E-state index contributed by atoms with van der Waals surface area (Å²) in [5, 5.41) is 22.9. The van der Waals surface area contributed by atoms with Crippen molar-refractivity contribution in [1.29, 1.82) is 0 Å². The van der Waals surface area contributed by atoms with Gasteiger partial charge in [-0.2, -0.15) is 0 Å². The van der Waals surface area contributed by atoms with E-state index in [1.54, 1.807) is 6.07 Å². The third kappa shape index (κ3) is 2.91. The van der Waals surface area contributed by atoms with E-state index in [4.69, 9.17) is 10.9 Å². The molecule has 0 bridgehead atoms. The van der Waals surface area contributed by atoms with Crippen LogP contribution in [-0.2, 0) is 0 Å². The molecule has 1 aromatic carbocycles. The highest BCUT2D eigenvalue weighted by molar-refractivity contribution is 6.02. The Morgan fingerprint density at radius 2 is 2.24 bits per heavy atom. The van der Waals surface area contributed by atoms with E-state index in [1.807, 2.05) is 0 Å². The molecule has 7 nitrogen and oxygen atoms in total. The average molecular weight is 292 g/mol. The van der Waals surface area contributed by atoms with Gasteiger partial charge in [0.25, 0.3) is 5.69 Å². The first-order valence-corrected chi connectivity index (χ1v) is 6.98. The quantitative estimate of drug-likeness (QED) is 0.292. The first-order chi connectivity index (χ1) is 9.95. The van der Waals surface area contributed by atoms with Crippen molar-refractivity contribution < 1.29 is 10.1 Å². The Morgan fingerprint density at radius 1 is 1.52 bits per heavy atom. The lowest BCUT2D eigenvalue weighted by atomic mass is 9.91. The van der Waals surface area contributed by atoms with Gasteiger partial charge in [0.15, 0.2) is 5.84 Å². The number of piperidine rings is 1. The molecule has 0 radical (unpaired) electrons. The molecule has 2 atom stereocenters. The summed E-state index contributed by atoms with van der Waals surface area (Å²) in [6.45, 7) is 5.17. The number of hydrogen-bond donors (Lipinski definition) is 2. The maximum Gasteiger partial charge on any atom is 0.270 e. The summed E-state index contributed by atoms with van der Waals surface area (Å²) >= 11 is 0. The minimum absolute atomic E-state index is 0.0712. The van der Waals surface area contributed by atoms with E-state index in [-0.39, 0.29) is 11.5 Å². The standard InChI is InChI=1S/C14H20N4O3/c1-9-4-3-7-17(10(9)2)13-6-5-11(18(20)21)8-12(13)14(15)16-19/h5-6,8-10,19H,3-4,7H2,1-2H3,(H2,15,16). The second-order valence-electron chi connectivity index (χ2n) is 5.50. The van der Waals surface area contributed by atoms with Crippen molar-refractivity contribution in [1.82, 2.24) is 0 Å². The zero-order valence-electron chi connectivity index (χ0n) is 12.2. The molecule has 0 aromatic heterocycles. The van der Waals surface area contributed by atoms with E-state index in [2.05, 4.69) is 23.9 Å². The summed E-state index contributed by atoms with van der Waals surface area (Å²) in [4.78, 5) is 12.6. The van der Waals surface area contributed by atoms with Crippen LogP contribution in [-0.4, -0.2) is 28.6 Å². The number of oxime groups is 1. The number of hydrogen-bond acceptors (Lipinski definition) is 5. The molecule has 0 saturated carbocycles. The van der Waals surface area contributed by atoms with Gasteiger partial charge < -0.3 is 15.8 Å². The van der Waals surface area contributed by atoms with Crippen molar-refractivity contribution in [2.75, 3.05) is 11.4 Å². The fourth-order valence-electron chi connectivity index (χ4n) is 2.82. The number of benzene rings is 1. The fourth-order valence-corrected chi connectivity index (χ4v) is 2.82. The van der Waals surface area contributed by atoms with Crippen LogP contribution < -0.4 is 10.6 Å². The maximum absolute atomic E-state index is 10.9. The molecule has 1 aromatic rings. The van der Waals surface area contributed by atoms with Crippen molar-refractivity contribution in [3.63, 3.8) is 0 Å². The van der Waals surface area contributed by atoms with Crippen LogP contribution >= 0.6 is 0 Å². The van der Waals surface area contributed by atoms with Crippen molar-refractivity contribution in [2.24, 2.45) is 16.8 Å². The van der Waals surface area contributed by atoms with Crippen LogP contribution in [0.5, 0.6) is 0 Å². The Morgan fingerprint density at radius 3 is 2.86 bits per heavy atom. The Kier molecular flexibility index (Phi) is 4.30. The van der Waals surface area contributed by atoms with E-state index in [1.165, 1.54) is 12.1 Å². The van der Waals surface area contributed by atoms with Crippen molar-refractivity contribution in [3.8, 4) is 0 Å². The second kappa shape index (κ2) is 5.99. The molecule has 0 aliphatic carbocycles. The molecular formula is C14H20N4O3. The summed E-state index contributed by atoms with van der Waals surface area (Å²) < 4.78 is 0. The molecule has 0 spiro atoms. The third-order valence-corrected chi connectivity index (χ3v) is 4.26. The van der Waals surface area contributed by atoms with Gasteiger partial charge >= 0.3 is 0 Å². The van der Waals surface area contributed by atoms with Gasteiger partial charge in [0.1, 0.15) is 0 Å². The van der Waals surface area contributed by atoms with Gasteiger partial charge in [-0.1, -0.05) is 12.1 Å². The first kappa shape index (κ1) is 15.1. The summed E-state index contributed by atoms with van der Waals surface area (Å²) in [5.74, 6) is 0.410. The molecule has 1 fully saturated rings. The van der Waals surface area contributed by atoms with E-state index in [9.17, 15) is 10.1 Å². The number of nitro groups is 1. The highest BCUT2D eigenvalue weighted by Gasteiger charge is 2.28. The molecule has 21 heavy (non-hydrogen) atoms. The molecular weight excluding hydrogens is 272 g/mol. The number of nitrogens with zero attached hydrogens (tertiary/aromatic N) is 3. The molecule has 1 heterocycles. The number of amidine groups is 1. The van der Waals surface area contributed by atoms with Gasteiger partial charge in [-0.25, -0.2) is 0 Å². The lowest BCUT2D eigenvalue weighted by Gasteiger charge is -2.40. The highest BCUT2D eigenvalue weighted by Crippen LogP contribution is 2.32. The Bertz CT molecular complexity index is 573. The Hall–Kier alpha value is -2.31. The minimum Gasteiger partial charge on any atom is -0.409 e. The summed E-state index contributed by atoms with van der Waals surface area (Å²) in [6.07, 6.45) is 2.21. The van der Waals surface area contributed by atoms with Gasteiger partial charge in [-0.05, 0) is 31.7 Å². The van der Waals surface area contributed by atoms with Crippen LogP contribution in [0, 0.1) is 16.0 Å². The number of nitro benzene ring substituents is 1. The predicted octanol–water partition coefficient (Wildman–Crippen LogP) is 2.31. The molecule has 7 heteroatoms. The predicted molar refractivity (Wildman–Crippen MR) is 80.8 cm³/mol. The molecule has 2 unspecified atom stereocenters. The van der Waals surface area contributed by atoms with Gasteiger partial charge in [-0.15, -0.1) is 0 Å². The van der Waals surface area contributed by atoms with E-state index in [0.29, 0.717) is 17.5 Å². The lowest BCUT2D eigenvalue weighted by Crippen LogP contribution is -2.43. The largest absolute Gasteiger partial charge is 0.409 e. The van der Waals surface area contributed by atoms with Crippen LogP contribution in [0.4, 0.5) is 11.4 Å². The lowest BCUT2D eigenvalue weighted by molar-refractivity contribution is -0.384. The maximum atomic E-state index is 10.9. The summed E-state index contributed by atoms with van der Waals surface area (Å²) in [5.41, 5.74) is 6.80. The van der Waals surface area contributed by atoms with Crippen LogP contribution in [0.2, 0.25) is 0 Å². The molecule has 1 aliphatic heterocycles. The third-order valence-electron chi connectivity index (χ3n) is 4.26. The zero-order valence-corrected chi connectivity index (χ0v) is 12.2. The number of non-ortho nitro benzene ring substituents is 1. The summed E-state index contributed by atoms with van der Waals surface area (Å²) in [7, 11) is 0. The number of rotatable bonds is 3. The molecule has 0 amide bonds. The van der Waals surface area contributed by atoms with E-state index in [0.717, 1.165) is 25.1 Å². The molecule has 1 saturated heterocycles. The van der Waals surface area contributed by atoms with Crippen molar-refractivity contribution in [2.45, 2.75) is 32.7 Å². The van der Waals surface area contributed by atoms with Crippen LogP contribution in [0.15, 0.2) is 23.4 Å². The van der Waals surface area contributed by atoms with Gasteiger partial charge in [0.2, 0.25) is 0 Å². The molecule has 114 valence electrons. The van der Waals surface area contributed by atoms with E-state index >= 15 is 0 Å². The number of nitrogens with two attached hydrogens (primary N) is 1. The van der Waals surface area contributed by atoms with Crippen LogP contribution in [0.3, 0.4) is 0 Å². The summed E-state index contributed by atoms with van der Waals surface area (Å²) in [6, 6.07) is 4.79. The minimum atomic E-state index is -0.486. The van der Waals surface area contributed by atoms with Crippen molar-refractivity contribution >= 4 is 17.2 Å². The fraction of sp³-hybridized carbons (Fsp3) is 0.500. The molecule has 3 N–H and O–H groups in total.